The minimum atomic E-state index is -0.132. The summed E-state index contributed by atoms with van der Waals surface area (Å²) in [5, 5.41) is 5.30. The molecule has 0 aliphatic heterocycles. The molecule has 0 aliphatic carbocycles. The van der Waals surface area contributed by atoms with Crippen molar-refractivity contribution in [3.63, 3.8) is 0 Å². The molecule has 0 saturated carbocycles. The quantitative estimate of drug-likeness (QED) is 0.803. The smallest absolute Gasteiger partial charge is 0.270 e. The molecule has 5 nitrogen and oxygen atoms in total. The first-order valence-corrected chi connectivity index (χ1v) is 5.59. The van der Waals surface area contributed by atoms with Crippen molar-refractivity contribution in [2.45, 2.75) is 6.54 Å². The molecule has 1 aromatic heterocycles. The van der Waals surface area contributed by atoms with Crippen molar-refractivity contribution in [2.24, 2.45) is 5.73 Å². The molecule has 1 aromatic rings. The van der Waals surface area contributed by atoms with Gasteiger partial charge in [-0.15, -0.1) is 23.7 Å². The van der Waals surface area contributed by atoms with Gasteiger partial charge in [-0.25, -0.2) is 4.98 Å². The van der Waals surface area contributed by atoms with Crippen LogP contribution >= 0.6 is 23.7 Å². The summed E-state index contributed by atoms with van der Waals surface area (Å²) in [4.78, 5) is 17.6. The maximum atomic E-state index is 11.5. The molecule has 0 bridgehead atoms. The van der Waals surface area contributed by atoms with Crippen molar-refractivity contribution >= 4 is 29.7 Å². The van der Waals surface area contributed by atoms with Crippen molar-refractivity contribution in [1.82, 2.24) is 15.2 Å². The van der Waals surface area contributed by atoms with E-state index in [0.717, 1.165) is 11.6 Å². The van der Waals surface area contributed by atoms with Crippen LogP contribution in [0.1, 0.15) is 15.5 Å². The van der Waals surface area contributed by atoms with Crippen LogP contribution in [0.25, 0.3) is 0 Å². The molecule has 1 rings (SSSR count). The van der Waals surface area contributed by atoms with E-state index in [1.165, 1.54) is 11.3 Å². The van der Waals surface area contributed by atoms with Crippen LogP contribution in [0.5, 0.6) is 0 Å². The lowest BCUT2D eigenvalue weighted by molar-refractivity contribution is 0.0946. The lowest BCUT2D eigenvalue weighted by Gasteiger charge is -2.09. The summed E-state index contributed by atoms with van der Waals surface area (Å²) in [6.07, 6.45) is 0. The Kier molecular flexibility index (Phi) is 7.24. The Labute approximate surface area is 105 Å². The van der Waals surface area contributed by atoms with Crippen molar-refractivity contribution in [1.29, 1.82) is 0 Å². The standard InChI is InChI=1S/C9H16N4OS.ClH/c1-13(2)4-3-11-9(14)7-6-15-8(5-10)12-7;/h6H,3-5,10H2,1-2H3,(H,11,14);1H. The van der Waals surface area contributed by atoms with Crippen LogP contribution in [0.4, 0.5) is 0 Å². The summed E-state index contributed by atoms with van der Waals surface area (Å²) < 4.78 is 0. The van der Waals surface area contributed by atoms with Crippen LogP contribution in [-0.4, -0.2) is 43.0 Å². The molecule has 0 aliphatic rings. The summed E-state index contributed by atoms with van der Waals surface area (Å²) in [6.45, 7) is 1.83. The van der Waals surface area contributed by atoms with Gasteiger partial charge in [0.1, 0.15) is 10.7 Å². The normalized spacial score (nSPS) is 10.0. The third-order valence-corrected chi connectivity index (χ3v) is 2.67. The second-order valence-corrected chi connectivity index (χ2v) is 4.33. The molecular formula is C9H17ClN4OS. The Balaban J connectivity index is 0.00000225. The second-order valence-electron chi connectivity index (χ2n) is 3.39. The number of hydrogen-bond donors (Lipinski definition) is 2. The number of carbonyl (C=O) groups is 1. The van der Waals surface area contributed by atoms with Gasteiger partial charge in [0.25, 0.3) is 5.91 Å². The van der Waals surface area contributed by atoms with E-state index in [9.17, 15) is 4.79 Å². The average molecular weight is 265 g/mol. The van der Waals surface area contributed by atoms with E-state index >= 15 is 0 Å². The van der Waals surface area contributed by atoms with Crippen LogP contribution in [0.3, 0.4) is 0 Å². The molecule has 0 saturated heterocycles. The zero-order valence-electron chi connectivity index (χ0n) is 9.40. The van der Waals surface area contributed by atoms with E-state index < -0.39 is 0 Å². The molecule has 0 spiro atoms. The molecule has 0 atom stereocenters. The first-order valence-electron chi connectivity index (χ1n) is 4.71. The number of nitrogens with one attached hydrogen (secondary N) is 1. The first-order chi connectivity index (χ1) is 7.13. The van der Waals surface area contributed by atoms with Crippen molar-refractivity contribution in [3.05, 3.63) is 16.1 Å². The maximum absolute atomic E-state index is 11.5. The Morgan fingerprint density at radius 3 is 2.81 bits per heavy atom. The number of aromatic nitrogens is 1. The Morgan fingerprint density at radius 1 is 1.62 bits per heavy atom. The van der Waals surface area contributed by atoms with Crippen LogP contribution in [0.15, 0.2) is 5.38 Å². The van der Waals surface area contributed by atoms with Gasteiger partial charge in [0.2, 0.25) is 0 Å². The summed E-state index contributed by atoms with van der Waals surface area (Å²) in [5.41, 5.74) is 5.87. The number of nitrogens with two attached hydrogens (primary N) is 1. The van der Waals surface area contributed by atoms with Crippen LogP contribution in [-0.2, 0) is 6.54 Å². The molecule has 16 heavy (non-hydrogen) atoms. The predicted octanol–water partition coefficient (Wildman–Crippen LogP) is 0.315. The summed E-state index contributed by atoms with van der Waals surface area (Å²) >= 11 is 1.41. The number of halogens is 1. The zero-order chi connectivity index (χ0) is 11.3. The number of amides is 1. The molecule has 0 fully saturated rings. The van der Waals surface area contributed by atoms with Gasteiger partial charge in [-0.05, 0) is 14.1 Å². The highest BCUT2D eigenvalue weighted by Gasteiger charge is 2.08. The molecular weight excluding hydrogens is 248 g/mol. The van der Waals surface area contributed by atoms with Crippen molar-refractivity contribution < 1.29 is 4.79 Å². The lowest BCUT2D eigenvalue weighted by atomic mass is 10.4. The molecule has 0 unspecified atom stereocenters. The van der Waals surface area contributed by atoms with Gasteiger partial charge in [0, 0.05) is 25.0 Å². The van der Waals surface area contributed by atoms with E-state index in [1.54, 1.807) is 5.38 Å². The fraction of sp³-hybridized carbons (Fsp3) is 0.556. The molecule has 92 valence electrons. The number of likely N-dealkylation sites (N-methyl/N-ethyl adjacent to an activating group) is 1. The van der Waals surface area contributed by atoms with Crippen molar-refractivity contribution in [2.75, 3.05) is 27.2 Å². The first kappa shape index (κ1) is 15.3. The Morgan fingerprint density at radius 2 is 2.31 bits per heavy atom. The highest BCUT2D eigenvalue weighted by atomic mass is 35.5. The minimum absolute atomic E-state index is 0. The van der Waals surface area contributed by atoms with Crippen LogP contribution < -0.4 is 11.1 Å². The van der Waals surface area contributed by atoms with E-state index in [0.29, 0.717) is 18.8 Å². The highest BCUT2D eigenvalue weighted by Crippen LogP contribution is 2.08. The molecule has 7 heteroatoms. The number of nitrogens with zero attached hydrogens (tertiary/aromatic N) is 2. The van der Waals surface area contributed by atoms with Gasteiger partial charge in [-0.3, -0.25) is 4.79 Å². The van der Waals surface area contributed by atoms with Crippen molar-refractivity contribution in [3.8, 4) is 0 Å². The number of rotatable bonds is 5. The fourth-order valence-corrected chi connectivity index (χ4v) is 1.65. The van der Waals surface area contributed by atoms with Crippen LogP contribution in [0, 0.1) is 0 Å². The van der Waals surface area contributed by atoms with E-state index in [2.05, 4.69) is 10.3 Å². The van der Waals surface area contributed by atoms with E-state index in [-0.39, 0.29) is 18.3 Å². The maximum Gasteiger partial charge on any atom is 0.270 e. The third-order valence-electron chi connectivity index (χ3n) is 1.80. The molecule has 1 heterocycles. The lowest BCUT2D eigenvalue weighted by Crippen LogP contribution is -2.31. The SMILES string of the molecule is CN(C)CCNC(=O)c1csc(CN)n1.Cl. The Hall–Kier alpha value is -0.690. The third kappa shape index (κ3) is 4.89. The molecule has 3 N–H and O–H groups in total. The largest absolute Gasteiger partial charge is 0.349 e. The van der Waals surface area contributed by atoms with Gasteiger partial charge in [-0.2, -0.15) is 0 Å². The number of carbonyl (C=O) groups excluding carboxylic acids is 1. The average Bonchev–Trinajstić information content (AvgIpc) is 2.65. The summed E-state index contributed by atoms with van der Waals surface area (Å²) in [7, 11) is 3.92. The molecule has 0 radical (unpaired) electrons. The fourth-order valence-electron chi connectivity index (χ4n) is 0.993. The Bertz CT molecular complexity index is 329. The topological polar surface area (TPSA) is 71.2 Å². The van der Waals surface area contributed by atoms with Gasteiger partial charge >= 0.3 is 0 Å². The predicted molar refractivity (Wildman–Crippen MR) is 68.1 cm³/mol. The van der Waals surface area contributed by atoms with Gasteiger partial charge in [-0.1, -0.05) is 0 Å². The molecule has 1 amide bonds. The van der Waals surface area contributed by atoms with Gasteiger partial charge in [0.15, 0.2) is 0 Å². The minimum Gasteiger partial charge on any atom is -0.349 e. The summed E-state index contributed by atoms with van der Waals surface area (Å²) in [6, 6.07) is 0. The zero-order valence-corrected chi connectivity index (χ0v) is 11.0. The van der Waals surface area contributed by atoms with E-state index in [4.69, 9.17) is 5.73 Å². The second kappa shape index (κ2) is 7.56. The number of hydrogen-bond acceptors (Lipinski definition) is 5. The monoisotopic (exact) mass is 264 g/mol. The van der Waals surface area contributed by atoms with E-state index in [1.807, 2.05) is 19.0 Å². The highest BCUT2D eigenvalue weighted by molar-refractivity contribution is 7.09. The van der Waals surface area contributed by atoms with Crippen LogP contribution in [0.2, 0.25) is 0 Å². The molecule has 0 aromatic carbocycles. The van der Waals surface area contributed by atoms with Gasteiger partial charge < -0.3 is 16.0 Å². The summed E-state index contributed by atoms with van der Waals surface area (Å²) in [5.74, 6) is -0.132. The number of thiazole rings is 1. The van der Waals surface area contributed by atoms with Gasteiger partial charge in [0.05, 0.1) is 0 Å².